The van der Waals surface area contributed by atoms with Crippen molar-refractivity contribution in [3.63, 3.8) is 0 Å². The molecule has 1 aromatic carbocycles. The van der Waals surface area contributed by atoms with Crippen LogP contribution in [0.25, 0.3) is 0 Å². The molecule has 0 N–H and O–H groups in total. The van der Waals surface area contributed by atoms with Crippen molar-refractivity contribution in [2.45, 2.75) is 49.2 Å². The summed E-state index contributed by atoms with van der Waals surface area (Å²) in [5.41, 5.74) is 1.45. The Kier molecular flexibility index (Phi) is 3.11. The summed E-state index contributed by atoms with van der Waals surface area (Å²) in [7, 11) is 0. The molecule has 1 nitrogen and oxygen atoms in total. The van der Waals surface area contributed by atoms with Crippen LogP contribution in [0, 0.1) is 22.7 Å². The molecule has 0 spiro atoms. The molecule has 1 aliphatic carbocycles. The van der Waals surface area contributed by atoms with Crippen molar-refractivity contribution in [1.29, 1.82) is 5.26 Å². The van der Waals surface area contributed by atoms with Gasteiger partial charge in [0.25, 0.3) is 0 Å². The van der Waals surface area contributed by atoms with Gasteiger partial charge >= 0.3 is 0 Å². The van der Waals surface area contributed by atoms with Crippen molar-refractivity contribution >= 4 is 11.8 Å². The quantitative estimate of drug-likeness (QED) is 0.783. The first kappa shape index (κ1) is 12.1. The van der Waals surface area contributed by atoms with Gasteiger partial charge in [0, 0.05) is 10.1 Å². The van der Waals surface area contributed by atoms with Crippen molar-refractivity contribution in [1.82, 2.24) is 0 Å². The zero-order valence-corrected chi connectivity index (χ0v) is 11.7. The number of fused-ring (bicyclic) bond motifs is 1. The number of benzene rings is 1. The summed E-state index contributed by atoms with van der Waals surface area (Å²) in [6.45, 7) is 2.29. The predicted molar refractivity (Wildman–Crippen MR) is 75.5 cm³/mol. The Bertz CT molecular complexity index is 465. The topological polar surface area (TPSA) is 23.8 Å². The van der Waals surface area contributed by atoms with Crippen molar-refractivity contribution in [3.8, 4) is 6.07 Å². The zero-order valence-electron chi connectivity index (χ0n) is 10.9. The summed E-state index contributed by atoms with van der Waals surface area (Å²) in [4.78, 5) is 1.43. The first-order valence-electron chi connectivity index (χ1n) is 6.87. The Morgan fingerprint density at radius 3 is 2.94 bits per heavy atom. The van der Waals surface area contributed by atoms with Gasteiger partial charge in [0.1, 0.15) is 0 Å². The third kappa shape index (κ3) is 2.17. The summed E-state index contributed by atoms with van der Waals surface area (Å²) < 4.78 is 0. The van der Waals surface area contributed by atoms with Gasteiger partial charge in [0.15, 0.2) is 0 Å². The van der Waals surface area contributed by atoms with E-state index in [1.165, 1.54) is 16.9 Å². The molecule has 1 aliphatic heterocycles. The highest BCUT2D eigenvalue weighted by atomic mass is 32.2. The lowest BCUT2D eigenvalue weighted by Gasteiger charge is -2.23. The third-order valence-corrected chi connectivity index (χ3v) is 5.74. The van der Waals surface area contributed by atoms with Crippen LogP contribution in [0.2, 0.25) is 0 Å². The van der Waals surface area contributed by atoms with Gasteiger partial charge in [-0.05, 0) is 49.7 Å². The van der Waals surface area contributed by atoms with Gasteiger partial charge in [0.2, 0.25) is 0 Å². The van der Waals surface area contributed by atoms with Gasteiger partial charge in [-0.25, -0.2) is 0 Å². The number of thioether (sulfide) groups is 1. The standard InChI is InChI=1S/C16H19NS/c1-12-6-7-16(9-12,11-17)10-14-8-13-4-2-3-5-15(13)18-14/h2-5,12,14H,6-10H2,1H3. The van der Waals surface area contributed by atoms with Gasteiger partial charge in [-0.15, -0.1) is 11.8 Å². The molecule has 3 rings (SSSR count). The molecule has 2 heteroatoms. The number of nitrogens with zero attached hydrogens (tertiary/aromatic N) is 1. The fourth-order valence-electron chi connectivity index (χ4n) is 3.53. The first-order valence-corrected chi connectivity index (χ1v) is 7.74. The van der Waals surface area contributed by atoms with Gasteiger partial charge in [0.05, 0.1) is 11.5 Å². The second-order valence-corrected chi connectivity index (χ2v) is 7.34. The number of rotatable bonds is 2. The van der Waals surface area contributed by atoms with Crippen LogP contribution in [0.15, 0.2) is 29.2 Å². The Morgan fingerprint density at radius 2 is 2.28 bits per heavy atom. The highest BCUT2D eigenvalue weighted by molar-refractivity contribution is 8.00. The summed E-state index contributed by atoms with van der Waals surface area (Å²) in [5.74, 6) is 0.735. The average Bonchev–Trinajstić information content (AvgIpc) is 2.93. The molecule has 94 valence electrons. The van der Waals surface area contributed by atoms with Crippen LogP contribution < -0.4 is 0 Å². The van der Waals surface area contributed by atoms with Crippen LogP contribution >= 0.6 is 11.8 Å². The molecule has 1 heterocycles. The van der Waals surface area contributed by atoms with Gasteiger partial charge < -0.3 is 0 Å². The smallest absolute Gasteiger partial charge is 0.0690 e. The van der Waals surface area contributed by atoms with E-state index in [0.717, 1.165) is 31.6 Å². The van der Waals surface area contributed by atoms with Crippen molar-refractivity contribution < 1.29 is 0 Å². The normalized spacial score (nSPS) is 34.2. The van der Waals surface area contributed by atoms with E-state index < -0.39 is 0 Å². The number of hydrogen-bond donors (Lipinski definition) is 0. The van der Waals surface area contributed by atoms with E-state index in [4.69, 9.17) is 0 Å². The van der Waals surface area contributed by atoms with Gasteiger partial charge in [-0.3, -0.25) is 0 Å². The molecule has 3 unspecified atom stereocenters. The van der Waals surface area contributed by atoms with Crippen molar-refractivity contribution in [3.05, 3.63) is 29.8 Å². The molecular weight excluding hydrogens is 238 g/mol. The lowest BCUT2D eigenvalue weighted by atomic mass is 9.81. The molecular formula is C16H19NS. The second-order valence-electron chi connectivity index (χ2n) is 6.00. The van der Waals surface area contributed by atoms with E-state index in [9.17, 15) is 5.26 Å². The highest BCUT2D eigenvalue weighted by Gasteiger charge is 2.40. The van der Waals surface area contributed by atoms with Crippen LogP contribution in [-0.4, -0.2) is 5.25 Å². The van der Waals surface area contributed by atoms with Gasteiger partial charge in [-0.2, -0.15) is 5.26 Å². The van der Waals surface area contributed by atoms with E-state index in [1.54, 1.807) is 0 Å². The van der Waals surface area contributed by atoms with Crippen LogP contribution in [-0.2, 0) is 6.42 Å². The molecule has 0 radical (unpaired) electrons. The average molecular weight is 257 g/mol. The SMILES string of the molecule is CC1CCC(C#N)(CC2Cc3ccccc3S2)C1. The van der Waals surface area contributed by atoms with Crippen LogP contribution in [0.1, 0.15) is 38.2 Å². The molecule has 18 heavy (non-hydrogen) atoms. The summed E-state index contributed by atoms with van der Waals surface area (Å²) in [6, 6.07) is 11.3. The summed E-state index contributed by atoms with van der Waals surface area (Å²) in [6.07, 6.45) is 5.68. The fourth-order valence-corrected chi connectivity index (χ4v) is 5.01. The lowest BCUT2D eigenvalue weighted by molar-refractivity contribution is 0.358. The Hall–Kier alpha value is -0.940. The Balaban J connectivity index is 1.71. The van der Waals surface area contributed by atoms with E-state index in [0.29, 0.717) is 5.25 Å². The molecule has 0 amide bonds. The van der Waals surface area contributed by atoms with E-state index in [-0.39, 0.29) is 5.41 Å². The minimum Gasteiger partial charge on any atom is -0.198 e. The molecule has 1 saturated carbocycles. The van der Waals surface area contributed by atoms with E-state index in [2.05, 4.69) is 37.3 Å². The summed E-state index contributed by atoms with van der Waals surface area (Å²) >= 11 is 1.99. The maximum absolute atomic E-state index is 9.55. The first-order chi connectivity index (χ1) is 8.71. The maximum atomic E-state index is 9.55. The van der Waals surface area contributed by atoms with Gasteiger partial charge in [-0.1, -0.05) is 25.1 Å². The number of nitriles is 1. The molecule has 0 aromatic heterocycles. The highest BCUT2D eigenvalue weighted by Crippen LogP contribution is 2.49. The maximum Gasteiger partial charge on any atom is 0.0690 e. The minimum absolute atomic E-state index is 0.0286. The third-order valence-electron chi connectivity index (χ3n) is 4.42. The minimum atomic E-state index is -0.0286. The molecule has 1 fully saturated rings. The van der Waals surface area contributed by atoms with E-state index >= 15 is 0 Å². The molecule has 0 saturated heterocycles. The van der Waals surface area contributed by atoms with Crippen LogP contribution in [0.3, 0.4) is 0 Å². The van der Waals surface area contributed by atoms with Crippen molar-refractivity contribution in [2.75, 3.05) is 0 Å². The Morgan fingerprint density at radius 1 is 1.44 bits per heavy atom. The molecule has 2 aliphatic rings. The van der Waals surface area contributed by atoms with E-state index in [1.807, 2.05) is 11.8 Å². The molecule has 0 bridgehead atoms. The van der Waals surface area contributed by atoms with Crippen LogP contribution in [0.5, 0.6) is 0 Å². The lowest BCUT2D eigenvalue weighted by Crippen LogP contribution is -2.20. The summed E-state index contributed by atoms with van der Waals surface area (Å²) in [5, 5.41) is 10.2. The zero-order chi connectivity index (χ0) is 12.6. The monoisotopic (exact) mass is 257 g/mol. The number of hydrogen-bond acceptors (Lipinski definition) is 2. The van der Waals surface area contributed by atoms with Crippen molar-refractivity contribution in [2.24, 2.45) is 11.3 Å². The second kappa shape index (κ2) is 4.63. The predicted octanol–water partition coefficient (Wildman–Crippen LogP) is 4.42. The largest absolute Gasteiger partial charge is 0.198 e. The molecule has 1 aromatic rings. The fraction of sp³-hybridized carbons (Fsp3) is 0.562. The Labute approximate surface area is 114 Å². The molecule has 3 atom stereocenters. The van der Waals surface area contributed by atoms with Crippen LogP contribution in [0.4, 0.5) is 0 Å².